The summed E-state index contributed by atoms with van der Waals surface area (Å²) in [6.45, 7) is 3.98. The van der Waals surface area contributed by atoms with Crippen LogP contribution in [0.1, 0.15) is 24.1 Å². The third-order valence-electron chi connectivity index (χ3n) is 7.09. The second-order valence-electron chi connectivity index (χ2n) is 9.64. The largest absolute Gasteiger partial charge is 0.376 e. The van der Waals surface area contributed by atoms with Crippen LogP contribution in [0.5, 0.6) is 0 Å². The Morgan fingerprint density at radius 2 is 1.97 bits per heavy atom. The lowest BCUT2D eigenvalue weighted by Gasteiger charge is -2.26. The van der Waals surface area contributed by atoms with E-state index in [9.17, 15) is 4.79 Å². The Labute approximate surface area is 220 Å². The Bertz CT molecular complexity index is 1550. The maximum atomic E-state index is 13.3. The first-order valence-corrected chi connectivity index (χ1v) is 13.7. The van der Waals surface area contributed by atoms with Crippen molar-refractivity contribution < 1.29 is 9.53 Å². The summed E-state index contributed by atoms with van der Waals surface area (Å²) in [5, 5.41) is 7.69. The van der Waals surface area contributed by atoms with E-state index in [1.165, 1.54) is 10.8 Å². The molecule has 0 spiro atoms. The van der Waals surface area contributed by atoms with Gasteiger partial charge in [0.1, 0.15) is 0 Å². The summed E-state index contributed by atoms with van der Waals surface area (Å²) >= 11 is 1.64. The van der Waals surface area contributed by atoms with Gasteiger partial charge in [0, 0.05) is 54.6 Å². The average Bonchev–Trinajstić information content (AvgIpc) is 3.66. The number of hydrogen-bond donors (Lipinski definition) is 1. The summed E-state index contributed by atoms with van der Waals surface area (Å²) in [5.41, 5.74) is 5.12. The van der Waals surface area contributed by atoms with Crippen molar-refractivity contribution in [1.29, 1.82) is 0 Å². The zero-order chi connectivity index (χ0) is 25.2. The molecule has 7 heteroatoms. The van der Waals surface area contributed by atoms with Crippen molar-refractivity contribution in [3.8, 4) is 11.3 Å². The number of thiazole rings is 1. The molecule has 0 bridgehead atoms. The van der Waals surface area contributed by atoms with E-state index in [2.05, 4.69) is 63.8 Å². The molecule has 1 fully saturated rings. The van der Waals surface area contributed by atoms with Gasteiger partial charge < -0.3 is 15.0 Å². The van der Waals surface area contributed by atoms with Crippen molar-refractivity contribution >= 4 is 38.8 Å². The fourth-order valence-corrected chi connectivity index (χ4v) is 5.87. The number of fused-ring (bicyclic) bond motifs is 2. The van der Waals surface area contributed by atoms with Gasteiger partial charge in [-0.05, 0) is 48.2 Å². The highest BCUT2D eigenvalue weighted by molar-refractivity contribution is 7.15. The van der Waals surface area contributed by atoms with E-state index in [0.29, 0.717) is 13.1 Å². The van der Waals surface area contributed by atoms with Crippen LogP contribution in [0.15, 0.2) is 78.3 Å². The lowest BCUT2D eigenvalue weighted by molar-refractivity contribution is 0.0838. The summed E-state index contributed by atoms with van der Waals surface area (Å²) in [5.74, 6) is 0. The number of carbonyl (C=O) groups is 1. The highest BCUT2D eigenvalue weighted by Crippen LogP contribution is 2.27. The first-order valence-electron chi connectivity index (χ1n) is 12.8. The Morgan fingerprint density at radius 1 is 1.14 bits per heavy atom. The molecule has 188 valence electrons. The van der Waals surface area contributed by atoms with Crippen molar-refractivity contribution in [2.75, 3.05) is 25.0 Å². The smallest absolute Gasteiger partial charge is 0.321 e. The van der Waals surface area contributed by atoms with Crippen LogP contribution < -0.4 is 5.32 Å². The predicted molar refractivity (Wildman–Crippen MR) is 150 cm³/mol. The van der Waals surface area contributed by atoms with E-state index in [-0.39, 0.29) is 12.1 Å². The summed E-state index contributed by atoms with van der Waals surface area (Å²) < 4.78 is 8.03. The number of carbonyl (C=O) groups excluding carboxylic acids is 1. The highest BCUT2D eigenvalue weighted by atomic mass is 32.1. The number of rotatable bonds is 7. The van der Waals surface area contributed by atoms with Crippen LogP contribution in [0.2, 0.25) is 0 Å². The van der Waals surface area contributed by atoms with Gasteiger partial charge in [-0.2, -0.15) is 0 Å². The predicted octanol–water partition coefficient (Wildman–Crippen LogP) is 6.78. The van der Waals surface area contributed by atoms with Crippen LogP contribution in [-0.4, -0.2) is 46.1 Å². The third-order valence-corrected chi connectivity index (χ3v) is 7.98. The van der Waals surface area contributed by atoms with E-state index in [4.69, 9.17) is 9.72 Å². The van der Waals surface area contributed by atoms with E-state index in [1.807, 2.05) is 36.1 Å². The van der Waals surface area contributed by atoms with Crippen LogP contribution in [0.4, 0.5) is 10.5 Å². The Balaban J connectivity index is 1.21. The molecule has 0 saturated carbocycles. The summed E-state index contributed by atoms with van der Waals surface area (Å²) in [7, 11) is 0. The molecule has 1 aliphatic heterocycles. The number of ether oxygens (including phenoxy) is 1. The topological polar surface area (TPSA) is 58.9 Å². The number of hydrogen-bond acceptors (Lipinski definition) is 4. The van der Waals surface area contributed by atoms with Crippen LogP contribution >= 0.6 is 11.3 Å². The number of amides is 2. The number of aryl methyl sites for hydroxylation is 1. The molecule has 37 heavy (non-hydrogen) atoms. The Hall–Kier alpha value is -3.68. The second-order valence-corrected chi connectivity index (χ2v) is 10.5. The summed E-state index contributed by atoms with van der Waals surface area (Å²) in [6, 6.07) is 22.7. The van der Waals surface area contributed by atoms with Gasteiger partial charge in [-0.1, -0.05) is 54.6 Å². The normalized spacial score (nSPS) is 15.4. The summed E-state index contributed by atoms with van der Waals surface area (Å²) in [4.78, 5) is 21.1. The molecule has 0 aliphatic carbocycles. The van der Waals surface area contributed by atoms with E-state index >= 15 is 0 Å². The van der Waals surface area contributed by atoms with Gasteiger partial charge in [-0.15, -0.1) is 11.3 Å². The number of aromatic nitrogens is 2. The van der Waals surface area contributed by atoms with Crippen molar-refractivity contribution in [3.63, 3.8) is 0 Å². The van der Waals surface area contributed by atoms with Gasteiger partial charge in [0.25, 0.3) is 0 Å². The number of anilines is 1. The van der Waals surface area contributed by atoms with Crippen LogP contribution in [0.3, 0.4) is 0 Å². The van der Waals surface area contributed by atoms with Crippen LogP contribution in [-0.2, 0) is 11.2 Å². The molecule has 1 N–H and O–H groups in total. The maximum absolute atomic E-state index is 13.3. The monoisotopic (exact) mass is 510 g/mol. The quantitative estimate of drug-likeness (QED) is 0.263. The van der Waals surface area contributed by atoms with Gasteiger partial charge in [-0.25, -0.2) is 9.78 Å². The molecule has 1 saturated heterocycles. The molecule has 1 unspecified atom stereocenters. The minimum Gasteiger partial charge on any atom is -0.376 e. The van der Waals surface area contributed by atoms with Gasteiger partial charge >= 0.3 is 6.03 Å². The number of benzene rings is 3. The van der Waals surface area contributed by atoms with Gasteiger partial charge in [0.05, 0.1) is 11.8 Å². The van der Waals surface area contributed by atoms with Gasteiger partial charge in [0.2, 0.25) is 0 Å². The van der Waals surface area contributed by atoms with E-state index in [1.54, 1.807) is 11.3 Å². The SMILES string of the molecule is Cc1ccccc1NC(=O)N(CCc1csc2nc(-c3ccc4ccccc4c3)cn12)CC1CCCO1. The minimum absolute atomic E-state index is 0.0845. The maximum Gasteiger partial charge on any atom is 0.321 e. The molecular weight excluding hydrogens is 480 g/mol. The molecule has 1 aliphatic rings. The van der Waals surface area contributed by atoms with Crippen molar-refractivity contribution in [3.05, 3.63) is 89.6 Å². The number of para-hydroxylation sites is 1. The lowest BCUT2D eigenvalue weighted by atomic mass is 10.1. The number of nitrogens with one attached hydrogen (secondary N) is 1. The number of urea groups is 1. The molecule has 2 aromatic heterocycles. The fourth-order valence-electron chi connectivity index (χ4n) is 4.96. The molecule has 6 rings (SSSR count). The molecule has 3 heterocycles. The van der Waals surface area contributed by atoms with Gasteiger partial charge in [0.15, 0.2) is 4.96 Å². The standard InChI is InChI=1S/C30H30N4O2S/c1-21-7-2-5-11-27(21)31-29(35)33(18-26-10-6-16-36-26)15-14-25-20-37-30-32-28(19-34(25)30)24-13-12-22-8-3-4-9-23(22)17-24/h2-5,7-9,11-13,17,19-20,26H,6,10,14-16,18H2,1H3,(H,31,35). The van der Waals surface area contributed by atoms with E-state index in [0.717, 1.165) is 59.0 Å². The first kappa shape index (κ1) is 23.7. The zero-order valence-corrected chi connectivity index (χ0v) is 21.7. The second kappa shape index (κ2) is 10.4. The number of nitrogens with zero attached hydrogens (tertiary/aromatic N) is 3. The van der Waals surface area contributed by atoms with Crippen LogP contribution in [0, 0.1) is 6.92 Å². The fraction of sp³-hybridized carbons (Fsp3) is 0.267. The molecule has 1 atom stereocenters. The zero-order valence-electron chi connectivity index (χ0n) is 20.9. The Kier molecular flexibility index (Phi) is 6.64. The lowest BCUT2D eigenvalue weighted by Crippen LogP contribution is -2.41. The minimum atomic E-state index is -0.0845. The molecule has 3 aromatic carbocycles. The number of imidazole rings is 1. The highest BCUT2D eigenvalue weighted by Gasteiger charge is 2.23. The van der Waals surface area contributed by atoms with Crippen molar-refractivity contribution in [2.24, 2.45) is 0 Å². The molecule has 0 radical (unpaired) electrons. The molecular formula is C30H30N4O2S. The third kappa shape index (κ3) is 5.10. The van der Waals surface area contributed by atoms with Crippen molar-refractivity contribution in [2.45, 2.75) is 32.3 Å². The van der Waals surface area contributed by atoms with Crippen LogP contribution in [0.25, 0.3) is 27.0 Å². The Morgan fingerprint density at radius 3 is 2.81 bits per heavy atom. The summed E-state index contributed by atoms with van der Waals surface area (Å²) in [6.07, 6.45) is 4.99. The van der Waals surface area contributed by atoms with E-state index < -0.39 is 0 Å². The molecule has 6 nitrogen and oxygen atoms in total. The first-order chi connectivity index (χ1) is 18.1. The average molecular weight is 511 g/mol. The molecule has 2 amide bonds. The molecule has 5 aromatic rings. The van der Waals surface area contributed by atoms with Gasteiger partial charge in [-0.3, -0.25) is 4.40 Å². The van der Waals surface area contributed by atoms with Crippen molar-refractivity contribution in [1.82, 2.24) is 14.3 Å².